The molecule has 2 aromatic carbocycles. The van der Waals surface area contributed by atoms with Crippen LogP contribution in [0.5, 0.6) is 0 Å². The molecule has 0 saturated carbocycles. The molecule has 1 amide bonds. The number of rotatable bonds is 10. The molecular weight excluding hydrogens is 420 g/mol. The number of carbonyl (C=O) groups excluding carboxylic acids is 1. The van der Waals surface area contributed by atoms with Crippen LogP contribution in [0, 0.1) is 6.92 Å². The van der Waals surface area contributed by atoms with E-state index in [2.05, 4.69) is 46.7 Å². The van der Waals surface area contributed by atoms with Gasteiger partial charge in [0.15, 0.2) is 10.9 Å². The van der Waals surface area contributed by atoms with Gasteiger partial charge in [-0.3, -0.25) is 9.36 Å². The third-order valence-electron chi connectivity index (χ3n) is 5.09. The minimum absolute atomic E-state index is 0.0816. The summed E-state index contributed by atoms with van der Waals surface area (Å²) in [5.74, 6) is 2.20. The number of para-hydroxylation sites is 1. The molecule has 4 aromatic rings. The largest absolute Gasteiger partial charge is 0.461 e. The molecule has 0 aliphatic heterocycles. The lowest BCUT2D eigenvalue weighted by molar-refractivity contribution is -0.121. The van der Waals surface area contributed by atoms with Gasteiger partial charge in [-0.05, 0) is 49.1 Å². The third kappa shape index (κ3) is 5.48. The minimum Gasteiger partial charge on any atom is -0.461 e. The molecule has 4 rings (SSSR count). The predicted molar refractivity (Wildman–Crippen MR) is 127 cm³/mol. The van der Waals surface area contributed by atoms with E-state index in [1.54, 1.807) is 18.0 Å². The molecule has 0 aliphatic carbocycles. The van der Waals surface area contributed by atoms with Gasteiger partial charge >= 0.3 is 0 Å². The van der Waals surface area contributed by atoms with E-state index in [-0.39, 0.29) is 5.91 Å². The van der Waals surface area contributed by atoms with Crippen molar-refractivity contribution in [3.8, 4) is 17.3 Å². The van der Waals surface area contributed by atoms with Gasteiger partial charge < -0.3 is 9.73 Å². The first kappa shape index (κ1) is 21.9. The lowest BCUT2D eigenvalue weighted by Crippen LogP contribution is -2.25. The predicted octanol–water partition coefficient (Wildman–Crippen LogP) is 5.07. The van der Waals surface area contributed by atoms with Crippen LogP contribution in [0.3, 0.4) is 0 Å². The molecule has 0 radical (unpaired) electrons. The van der Waals surface area contributed by atoms with Gasteiger partial charge in [0.05, 0.1) is 12.0 Å². The first-order valence-corrected chi connectivity index (χ1v) is 11.7. The second-order valence-electron chi connectivity index (χ2n) is 7.44. The number of benzene rings is 2. The maximum atomic E-state index is 12.2. The molecule has 0 saturated heterocycles. The zero-order chi connectivity index (χ0) is 22.2. The second kappa shape index (κ2) is 10.8. The number of nitrogens with zero attached hydrogens (tertiary/aromatic N) is 3. The van der Waals surface area contributed by atoms with Gasteiger partial charge in [0.25, 0.3) is 0 Å². The highest BCUT2D eigenvalue weighted by Crippen LogP contribution is 2.30. The van der Waals surface area contributed by atoms with Crippen molar-refractivity contribution in [3.63, 3.8) is 0 Å². The van der Waals surface area contributed by atoms with Crippen molar-refractivity contribution >= 4 is 17.7 Å². The van der Waals surface area contributed by atoms with Crippen molar-refractivity contribution in [1.82, 2.24) is 20.1 Å². The van der Waals surface area contributed by atoms with Crippen LogP contribution in [0.2, 0.25) is 0 Å². The summed E-state index contributed by atoms with van der Waals surface area (Å²) in [5.41, 5.74) is 3.37. The Hall–Kier alpha value is -3.32. The van der Waals surface area contributed by atoms with Gasteiger partial charge in [0.2, 0.25) is 11.7 Å². The average molecular weight is 447 g/mol. The van der Waals surface area contributed by atoms with Crippen LogP contribution < -0.4 is 5.32 Å². The minimum atomic E-state index is 0.0816. The highest BCUT2D eigenvalue weighted by Gasteiger charge is 2.19. The third-order valence-corrected chi connectivity index (χ3v) is 6.10. The summed E-state index contributed by atoms with van der Waals surface area (Å²) >= 11 is 1.60. The van der Waals surface area contributed by atoms with Gasteiger partial charge in [-0.1, -0.05) is 60.3 Å². The molecule has 164 valence electrons. The second-order valence-corrected chi connectivity index (χ2v) is 8.51. The van der Waals surface area contributed by atoms with Gasteiger partial charge in [-0.15, -0.1) is 10.2 Å². The highest BCUT2D eigenvalue weighted by atomic mass is 32.2. The molecule has 2 aromatic heterocycles. The Labute approximate surface area is 192 Å². The smallest absolute Gasteiger partial charge is 0.220 e. The Balaban J connectivity index is 1.33. The normalized spacial score (nSPS) is 10.9. The fourth-order valence-corrected chi connectivity index (χ4v) is 4.32. The van der Waals surface area contributed by atoms with E-state index in [1.165, 1.54) is 5.56 Å². The Kier molecular flexibility index (Phi) is 7.40. The van der Waals surface area contributed by atoms with E-state index in [4.69, 9.17) is 4.42 Å². The van der Waals surface area contributed by atoms with E-state index in [9.17, 15) is 4.79 Å². The van der Waals surface area contributed by atoms with Crippen LogP contribution in [0.15, 0.2) is 82.6 Å². The van der Waals surface area contributed by atoms with E-state index in [0.29, 0.717) is 24.6 Å². The first-order chi connectivity index (χ1) is 15.7. The van der Waals surface area contributed by atoms with Gasteiger partial charge in [-0.2, -0.15) is 0 Å². The van der Waals surface area contributed by atoms with Crippen LogP contribution in [-0.4, -0.2) is 33.0 Å². The molecule has 2 heterocycles. The molecule has 6 nitrogen and oxygen atoms in total. The highest BCUT2D eigenvalue weighted by molar-refractivity contribution is 7.99. The molecule has 0 spiro atoms. The van der Waals surface area contributed by atoms with Crippen LogP contribution in [0.1, 0.15) is 24.0 Å². The number of hydrogen-bond donors (Lipinski definition) is 1. The summed E-state index contributed by atoms with van der Waals surface area (Å²) in [5, 5.41) is 12.6. The summed E-state index contributed by atoms with van der Waals surface area (Å²) in [6, 6.07) is 22.0. The maximum absolute atomic E-state index is 12.2. The number of hydrogen-bond acceptors (Lipinski definition) is 5. The SMILES string of the molecule is Cc1ccccc1-n1c(SCCCC(=O)NCCc2ccccc2)nnc1-c1ccco1. The molecule has 0 bridgehead atoms. The van der Waals surface area contributed by atoms with Crippen LogP contribution in [-0.2, 0) is 11.2 Å². The molecule has 0 fully saturated rings. The van der Waals surface area contributed by atoms with Crippen molar-refractivity contribution in [1.29, 1.82) is 0 Å². The quantitative estimate of drug-likeness (QED) is 0.272. The number of aromatic nitrogens is 3. The number of thioether (sulfide) groups is 1. The summed E-state index contributed by atoms with van der Waals surface area (Å²) in [6.45, 7) is 2.72. The van der Waals surface area contributed by atoms with E-state index in [1.807, 2.05) is 47.0 Å². The summed E-state index contributed by atoms with van der Waals surface area (Å²) in [4.78, 5) is 12.2. The van der Waals surface area contributed by atoms with Crippen molar-refractivity contribution in [3.05, 3.63) is 84.1 Å². The van der Waals surface area contributed by atoms with Crippen molar-refractivity contribution in [2.24, 2.45) is 0 Å². The van der Waals surface area contributed by atoms with Crippen LogP contribution in [0.4, 0.5) is 0 Å². The van der Waals surface area contributed by atoms with Crippen molar-refractivity contribution in [2.75, 3.05) is 12.3 Å². The fourth-order valence-electron chi connectivity index (χ4n) is 3.44. The molecular formula is C25H26N4O2S. The van der Waals surface area contributed by atoms with Gasteiger partial charge in [0.1, 0.15) is 0 Å². The fraction of sp³-hybridized carbons (Fsp3) is 0.240. The first-order valence-electron chi connectivity index (χ1n) is 10.7. The lowest BCUT2D eigenvalue weighted by Gasteiger charge is -2.11. The molecule has 0 atom stereocenters. The van der Waals surface area contributed by atoms with Gasteiger partial charge in [-0.25, -0.2) is 0 Å². The number of carbonyl (C=O) groups is 1. The Morgan fingerprint density at radius 3 is 2.62 bits per heavy atom. The molecule has 0 unspecified atom stereocenters. The van der Waals surface area contributed by atoms with E-state index in [0.717, 1.165) is 35.0 Å². The number of nitrogens with one attached hydrogen (secondary N) is 1. The zero-order valence-electron chi connectivity index (χ0n) is 18.0. The maximum Gasteiger partial charge on any atom is 0.220 e. The van der Waals surface area contributed by atoms with Crippen molar-refractivity contribution in [2.45, 2.75) is 31.3 Å². The zero-order valence-corrected chi connectivity index (χ0v) is 18.8. The average Bonchev–Trinajstić information content (AvgIpc) is 3.48. The summed E-state index contributed by atoms with van der Waals surface area (Å²) in [7, 11) is 0. The Bertz CT molecular complexity index is 1140. The summed E-state index contributed by atoms with van der Waals surface area (Å²) in [6.07, 6.45) is 3.73. The van der Waals surface area contributed by atoms with Crippen molar-refractivity contribution < 1.29 is 9.21 Å². The molecule has 1 N–H and O–H groups in total. The molecule has 32 heavy (non-hydrogen) atoms. The van der Waals surface area contributed by atoms with Crippen LogP contribution >= 0.6 is 11.8 Å². The van der Waals surface area contributed by atoms with Gasteiger partial charge in [0, 0.05) is 18.7 Å². The number of furan rings is 1. The Morgan fingerprint density at radius 1 is 1.03 bits per heavy atom. The monoisotopic (exact) mass is 446 g/mol. The molecule has 7 heteroatoms. The van der Waals surface area contributed by atoms with Crippen LogP contribution in [0.25, 0.3) is 17.3 Å². The van der Waals surface area contributed by atoms with E-state index >= 15 is 0 Å². The van der Waals surface area contributed by atoms with E-state index < -0.39 is 0 Å². The molecule has 0 aliphatic rings. The Morgan fingerprint density at radius 2 is 1.84 bits per heavy atom. The number of amides is 1. The lowest BCUT2D eigenvalue weighted by atomic mass is 10.1. The topological polar surface area (TPSA) is 73.0 Å². The summed E-state index contributed by atoms with van der Waals surface area (Å²) < 4.78 is 7.60. The number of aryl methyl sites for hydroxylation is 1. The standard InChI is InChI=1S/C25H26N4O2S/c1-19-9-5-6-12-21(19)29-24(22-13-7-17-31-22)27-28-25(29)32-18-8-14-23(30)26-16-15-20-10-3-2-4-11-20/h2-7,9-13,17H,8,14-16,18H2,1H3,(H,26,30).